The Kier molecular flexibility index (Phi) is 1.63. The predicted molar refractivity (Wildman–Crippen MR) is 58.9 cm³/mol. The molecule has 1 aromatic rings. The highest BCUT2D eigenvalue weighted by Gasteiger charge is 2.43. The third-order valence-electron chi connectivity index (χ3n) is 4.82. The van der Waals surface area contributed by atoms with Crippen LogP contribution in [-0.4, -0.2) is 0 Å². The van der Waals surface area contributed by atoms with Crippen LogP contribution in [0.15, 0.2) is 16.7 Å². The van der Waals surface area contributed by atoms with Crippen LogP contribution >= 0.6 is 0 Å². The van der Waals surface area contributed by atoms with Crippen LogP contribution in [0, 0.1) is 11.8 Å². The Morgan fingerprint density at radius 1 is 1.07 bits per heavy atom. The third kappa shape index (κ3) is 1.22. The smallest absolute Gasteiger partial charge is 0.110 e. The summed E-state index contributed by atoms with van der Waals surface area (Å²) in [5.74, 6) is 5.01. The van der Waals surface area contributed by atoms with E-state index in [1.165, 1.54) is 44.3 Å². The minimum atomic E-state index is 0.786. The first-order valence-electron chi connectivity index (χ1n) is 6.49. The Labute approximate surface area is 90.9 Å². The van der Waals surface area contributed by atoms with E-state index in [1.54, 1.807) is 5.56 Å². The van der Waals surface area contributed by atoms with Gasteiger partial charge < -0.3 is 4.42 Å². The van der Waals surface area contributed by atoms with Gasteiger partial charge in [-0.3, -0.25) is 0 Å². The molecule has 1 nitrogen and oxygen atoms in total. The molecular weight excluding hydrogens is 184 g/mol. The van der Waals surface area contributed by atoms with E-state index in [9.17, 15) is 0 Å². The Balaban J connectivity index is 1.68. The van der Waals surface area contributed by atoms with Crippen LogP contribution in [0.4, 0.5) is 0 Å². The van der Waals surface area contributed by atoms with Crippen molar-refractivity contribution < 1.29 is 4.42 Å². The molecule has 0 aliphatic heterocycles. The van der Waals surface area contributed by atoms with Crippen molar-refractivity contribution in [3.8, 4) is 0 Å². The zero-order valence-electron chi connectivity index (χ0n) is 9.11. The normalized spacial score (nSPS) is 38.8. The number of fused-ring (bicyclic) bond motifs is 2. The van der Waals surface area contributed by atoms with Crippen molar-refractivity contribution in [1.29, 1.82) is 0 Å². The van der Waals surface area contributed by atoms with Crippen LogP contribution in [-0.2, 0) is 0 Å². The molecule has 0 saturated heterocycles. The second kappa shape index (κ2) is 2.90. The van der Waals surface area contributed by atoms with Gasteiger partial charge in [0.15, 0.2) is 0 Å². The summed E-state index contributed by atoms with van der Waals surface area (Å²) in [6.07, 6.45) is 10.6. The van der Waals surface area contributed by atoms with Gasteiger partial charge in [0.2, 0.25) is 0 Å². The lowest BCUT2D eigenvalue weighted by atomic mass is 9.85. The Hall–Kier alpha value is -0.720. The maximum absolute atomic E-state index is 5.80. The highest BCUT2D eigenvalue weighted by Crippen LogP contribution is 2.55. The molecule has 0 radical (unpaired) electrons. The SMILES string of the molecule is c1cc(C2CC2)c(C2CC3CCC2C3)o1. The molecule has 1 heterocycles. The second-order valence-electron chi connectivity index (χ2n) is 5.80. The summed E-state index contributed by atoms with van der Waals surface area (Å²) in [6, 6.07) is 2.24. The van der Waals surface area contributed by atoms with E-state index in [0.29, 0.717) is 0 Å². The Morgan fingerprint density at radius 3 is 2.67 bits per heavy atom. The molecule has 3 aliphatic carbocycles. The molecule has 3 saturated carbocycles. The molecule has 0 aromatic carbocycles. The average Bonchev–Trinajstić information content (AvgIpc) is 2.74. The van der Waals surface area contributed by atoms with Gasteiger partial charge in [-0.25, -0.2) is 0 Å². The molecule has 0 spiro atoms. The van der Waals surface area contributed by atoms with Gasteiger partial charge in [-0.15, -0.1) is 0 Å². The van der Waals surface area contributed by atoms with Gasteiger partial charge in [0.1, 0.15) is 5.76 Å². The van der Waals surface area contributed by atoms with E-state index in [4.69, 9.17) is 4.42 Å². The Bertz CT molecular complexity index is 374. The summed E-state index contributed by atoms with van der Waals surface area (Å²) in [5.41, 5.74) is 1.56. The van der Waals surface area contributed by atoms with E-state index < -0.39 is 0 Å². The fraction of sp³-hybridized carbons (Fsp3) is 0.714. The highest BCUT2D eigenvalue weighted by atomic mass is 16.3. The first-order chi connectivity index (χ1) is 7.42. The highest BCUT2D eigenvalue weighted by molar-refractivity contribution is 5.30. The van der Waals surface area contributed by atoms with Gasteiger partial charge >= 0.3 is 0 Å². The lowest BCUT2D eigenvalue weighted by molar-refractivity contribution is 0.353. The fourth-order valence-electron chi connectivity index (χ4n) is 3.93. The summed E-state index contributed by atoms with van der Waals surface area (Å²) in [6.45, 7) is 0. The molecule has 3 aliphatic rings. The van der Waals surface area contributed by atoms with Crippen molar-refractivity contribution in [1.82, 2.24) is 0 Å². The van der Waals surface area contributed by atoms with Crippen LogP contribution in [0.1, 0.15) is 61.7 Å². The third-order valence-corrected chi connectivity index (χ3v) is 4.82. The molecule has 3 unspecified atom stereocenters. The molecule has 80 valence electrons. The molecule has 15 heavy (non-hydrogen) atoms. The van der Waals surface area contributed by atoms with Crippen LogP contribution in [0.5, 0.6) is 0 Å². The fourth-order valence-corrected chi connectivity index (χ4v) is 3.93. The summed E-state index contributed by atoms with van der Waals surface area (Å²) in [7, 11) is 0. The molecule has 0 N–H and O–H groups in total. The van der Waals surface area contributed by atoms with E-state index in [1.807, 2.05) is 6.26 Å². The average molecular weight is 202 g/mol. The minimum absolute atomic E-state index is 0.786. The summed E-state index contributed by atoms with van der Waals surface area (Å²) >= 11 is 0. The standard InChI is InChI=1S/C14H18O/c1-2-11-7-9(1)8-13(11)14-12(5-6-15-14)10-3-4-10/h5-6,9-11,13H,1-4,7-8H2. The van der Waals surface area contributed by atoms with Gasteiger partial charge in [0.05, 0.1) is 6.26 Å². The quantitative estimate of drug-likeness (QED) is 0.704. The first-order valence-corrected chi connectivity index (χ1v) is 6.49. The second-order valence-corrected chi connectivity index (χ2v) is 5.80. The summed E-state index contributed by atoms with van der Waals surface area (Å²) < 4.78 is 5.80. The zero-order chi connectivity index (χ0) is 9.83. The van der Waals surface area contributed by atoms with Crippen LogP contribution < -0.4 is 0 Å². The molecule has 3 fully saturated rings. The summed E-state index contributed by atoms with van der Waals surface area (Å²) in [5, 5.41) is 0. The monoisotopic (exact) mass is 202 g/mol. The zero-order valence-corrected chi connectivity index (χ0v) is 9.11. The van der Waals surface area contributed by atoms with Crippen LogP contribution in [0.25, 0.3) is 0 Å². The van der Waals surface area contributed by atoms with Gasteiger partial charge in [0.25, 0.3) is 0 Å². The maximum atomic E-state index is 5.80. The molecule has 0 amide bonds. The molecule has 3 atom stereocenters. The largest absolute Gasteiger partial charge is 0.469 e. The minimum Gasteiger partial charge on any atom is -0.469 e. The molecule has 1 aromatic heterocycles. The van der Waals surface area contributed by atoms with E-state index >= 15 is 0 Å². The lowest BCUT2D eigenvalue weighted by Crippen LogP contribution is -2.09. The first kappa shape index (κ1) is 8.43. The van der Waals surface area contributed by atoms with Gasteiger partial charge in [-0.2, -0.15) is 0 Å². The van der Waals surface area contributed by atoms with E-state index in [-0.39, 0.29) is 0 Å². The number of hydrogen-bond donors (Lipinski definition) is 0. The molecule has 1 heteroatoms. The van der Waals surface area contributed by atoms with Gasteiger partial charge in [0, 0.05) is 5.92 Å². The molecule has 2 bridgehead atoms. The molecular formula is C14H18O. The van der Waals surface area contributed by atoms with E-state index in [2.05, 4.69) is 6.07 Å². The van der Waals surface area contributed by atoms with Crippen LogP contribution in [0.2, 0.25) is 0 Å². The number of furan rings is 1. The Morgan fingerprint density at radius 2 is 2.00 bits per heavy atom. The van der Waals surface area contributed by atoms with Gasteiger partial charge in [-0.1, -0.05) is 6.42 Å². The van der Waals surface area contributed by atoms with Crippen LogP contribution in [0.3, 0.4) is 0 Å². The number of rotatable bonds is 2. The molecule has 4 rings (SSSR count). The topological polar surface area (TPSA) is 13.1 Å². The van der Waals surface area contributed by atoms with E-state index in [0.717, 1.165) is 23.7 Å². The van der Waals surface area contributed by atoms with Crippen molar-refractivity contribution >= 4 is 0 Å². The van der Waals surface area contributed by atoms with Crippen molar-refractivity contribution in [2.24, 2.45) is 11.8 Å². The number of hydrogen-bond acceptors (Lipinski definition) is 1. The predicted octanol–water partition coefficient (Wildman–Crippen LogP) is 4.06. The van der Waals surface area contributed by atoms with Crippen molar-refractivity contribution in [2.75, 3.05) is 0 Å². The lowest BCUT2D eigenvalue weighted by Gasteiger charge is -2.20. The maximum Gasteiger partial charge on any atom is 0.110 e. The van der Waals surface area contributed by atoms with Crippen molar-refractivity contribution in [2.45, 2.75) is 50.4 Å². The van der Waals surface area contributed by atoms with Gasteiger partial charge in [-0.05, 0) is 61.5 Å². The summed E-state index contributed by atoms with van der Waals surface area (Å²) in [4.78, 5) is 0. The van der Waals surface area contributed by atoms with Crippen molar-refractivity contribution in [3.05, 3.63) is 23.7 Å². The van der Waals surface area contributed by atoms with Crippen molar-refractivity contribution in [3.63, 3.8) is 0 Å².